The molecule has 1 rings (SSSR count). The molecule has 0 unspecified atom stereocenters. The van der Waals surface area contributed by atoms with Crippen molar-refractivity contribution in [1.29, 1.82) is 0 Å². The zero-order valence-corrected chi connectivity index (χ0v) is 12.2. The van der Waals surface area contributed by atoms with Gasteiger partial charge in [0.1, 0.15) is 5.75 Å². The molecule has 5 heteroatoms. The summed E-state index contributed by atoms with van der Waals surface area (Å²) in [4.78, 5) is 23.0. The van der Waals surface area contributed by atoms with Gasteiger partial charge in [0.2, 0.25) is 0 Å². The Morgan fingerprint density at radius 1 is 1.30 bits per heavy atom. The molecule has 0 aliphatic carbocycles. The fourth-order valence-electron chi connectivity index (χ4n) is 1.73. The molecule has 0 aromatic heterocycles. The molecular formula is C15H21NO4. The number of esters is 1. The van der Waals surface area contributed by atoms with E-state index in [0.29, 0.717) is 37.3 Å². The summed E-state index contributed by atoms with van der Waals surface area (Å²) >= 11 is 0. The Bertz CT molecular complexity index is 471. The summed E-state index contributed by atoms with van der Waals surface area (Å²) in [5.74, 6) is 0.273. The summed E-state index contributed by atoms with van der Waals surface area (Å²) in [6, 6.07) is 5.29. The number of benzene rings is 1. The average molecular weight is 279 g/mol. The van der Waals surface area contributed by atoms with Crippen molar-refractivity contribution in [2.24, 2.45) is 0 Å². The smallest absolute Gasteiger partial charge is 0.305 e. The lowest BCUT2D eigenvalue weighted by Gasteiger charge is -2.08. The monoisotopic (exact) mass is 279 g/mol. The predicted octanol–water partition coefficient (Wildman–Crippen LogP) is 2.08. The number of aryl methyl sites for hydroxylation is 1. The van der Waals surface area contributed by atoms with Crippen molar-refractivity contribution in [1.82, 2.24) is 5.32 Å². The predicted molar refractivity (Wildman–Crippen MR) is 75.9 cm³/mol. The maximum Gasteiger partial charge on any atom is 0.305 e. The number of carbonyl (C=O) groups excluding carboxylic acids is 2. The first-order valence-corrected chi connectivity index (χ1v) is 6.67. The molecule has 0 bridgehead atoms. The summed E-state index contributed by atoms with van der Waals surface area (Å²) in [7, 11) is 1.57. The number of carbonyl (C=O) groups is 2. The summed E-state index contributed by atoms with van der Waals surface area (Å²) in [5, 5.41) is 2.76. The Kier molecular flexibility index (Phi) is 6.56. The van der Waals surface area contributed by atoms with Gasteiger partial charge in [0.05, 0.1) is 13.7 Å². The number of amides is 1. The van der Waals surface area contributed by atoms with E-state index in [1.165, 1.54) is 0 Å². The quantitative estimate of drug-likeness (QED) is 0.613. The molecule has 0 saturated carbocycles. The highest BCUT2D eigenvalue weighted by Crippen LogP contribution is 2.18. The summed E-state index contributed by atoms with van der Waals surface area (Å²) in [6.07, 6.45) is 0.874. The highest BCUT2D eigenvalue weighted by Gasteiger charge is 2.08. The Labute approximate surface area is 119 Å². The van der Waals surface area contributed by atoms with Gasteiger partial charge in [-0.1, -0.05) is 6.07 Å². The number of hydrogen-bond acceptors (Lipinski definition) is 4. The van der Waals surface area contributed by atoms with Gasteiger partial charge in [0.15, 0.2) is 0 Å². The first kappa shape index (κ1) is 16.0. The Hall–Kier alpha value is -2.04. The number of rotatable bonds is 7. The van der Waals surface area contributed by atoms with Crippen molar-refractivity contribution < 1.29 is 19.1 Å². The van der Waals surface area contributed by atoms with E-state index < -0.39 is 0 Å². The van der Waals surface area contributed by atoms with E-state index in [0.717, 1.165) is 5.56 Å². The van der Waals surface area contributed by atoms with Crippen molar-refractivity contribution in [3.63, 3.8) is 0 Å². The minimum absolute atomic E-state index is 0.174. The van der Waals surface area contributed by atoms with Gasteiger partial charge in [0, 0.05) is 18.5 Å². The lowest BCUT2D eigenvalue weighted by Crippen LogP contribution is -2.25. The third kappa shape index (κ3) is 4.91. The Balaban J connectivity index is 2.41. The number of hydrogen-bond donors (Lipinski definition) is 1. The van der Waals surface area contributed by atoms with Crippen LogP contribution in [0.5, 0.6) is 5.75 Å². The molecule has 1 aromatic rings. The van der Waals surface area contributed by atoms with Gasteiger partial charge < -0.3 is 14.8 Å². The second-order valence-corrected chi connectivity index (χ2v) is 4.35. The third-order valence-electron chi connectivity index (χ3n) is 2.82. The molecule has 0 heterocycles. The normalized spacial score (nSPS) is 9.95. The molecule has 0 atom stereocenters. The zero-order valence-electron chi connectivity index (χ0n) is 12.2. The minimum atomic E-state index is -0.237. The van der Waals surface area contributed by atoms with Gasteiger partial charge in [-0.15, -0.1) is 0 Å². The molecular weight excluding hydrogens is 258 g/mol. The van der Waals surface area contributed by atoms with Crippen LogP contribution in [0.15, 0.2) is 18.2 Å². The van der Waals surface area contributed by atoms with Crippen molar-refractivity contribution in [3.8, 4) is 5.75 Å². The molecule has 0 spiro atoms. The standard InChI is InChI=1S/C15H21NO4/c1-4-20-14(17)6-5-9-16-15(18)12-8-7-11(2)13(10-12)19-3/h7-8,10H,4-6,9H2,1-3H3,(H,16,18). The van der Waals surface area contributed by atoms with Crippen LogP contribution in [0.2, 0.25) is 0 Å². The summed E-state index contributed by atoms with van der Waals surface area (Å²) in [5.41, 5.74) is 1.52. The van der Waals surface area contributed by atoms with Crippen LogP contribution in [0, 0.1) is 6.92 Å². The largest absolute Gasteiger partial charge is 0.496 e. The number of ether oxygens (including phenoxy) is 2. The van der Waals surface area contributed by atoms with E-state index in [2.05, 4.69) is 5.32 Å². The lowest BCUT2D eigenvalue weighted by molar-refractivity contribution is -0.143. The van der Waals surface area contributed by atoms with Crippen LogP contribution in [0.25, 0.3) is 0 Å². The molecule has 20 heavy (non-hydrogen) atoms. The number of methoxy groups -OCH3 is 1. The SMILES string of the molecule is CCOC(=O)CCCNC(=O)c1ccc(C)c(OC)c1. The summed E-state index contributed by atoms with van der Waals surface area (Å²) in [6.45, 7) is 4.51. The maximum atomic E-state index is 11.9. The molecule has 0 fully saturated rings. The molecule has 0 aliphatic rings. The van der Waals surface area contributed by atoms with Crippen LogP contribution in [-0.4, -0.2) is 32.1 Å². The van der Waals surface area contributed by atoms with Crippen LogP contribution in [0.1, 0.15) is 35.7 Å². The first-order chi connectivity index (χ1) is 9.58. The van der Waals surface area contributed by atoms with E-state index in [1.54, 1.807) is 26.2 Å². The molecule has 0 saturated heterocycles. The van der Waals surface area contributed by atoms with Crippen LogP contribution >= 0.6 is 0 Å². The van der Waals surface area contributed by atoms with Crippen LogP contribution < -0.4 is 10.1 Å². The average Bonchev–Trinajstić information content (AvgIpc) is 2.44. The van der Waals surface area contributed by atoms with Crippen LogP contribution in [-0.2, 0) is 9.53 Å². The van der Waals surface area contributed by atoms with Crippen molar-refractivity contribution in [2.75, 3.05) is 20.3 Å². The van der Waals surface area contributed by atoms with Gasteiger partial charge in [0.25, 0.3) is 5.91 Å². The molecule has 1 N–H and O–H groups in total. The topological polar surface area (TPSA) is 64.6 Å². The molecule has 5 nitrogen and oxygen atoms in total. The molecule has 1 aromatic carbocycles. The van der Waals surface area contributed by atoms with E-state index in [1.807, 2.05) is 13.0 Å². The van der Waals surface area contributed by atoms with Gasteiger partial charge in [-0.25, -0.2) is 0 Å². The van der Waals surface area contributed by atoms with Gasteiger partial charge in [-0.05, 0) is 38.0 Å². The van der Waals surface area contributed by atoms with E-state index in [-0.39, 0.29) is 11.9 Å². The van der Waals surface area contributed by atoms with E-state index in [9.17, 15) is 9.59 Å². The van der Waals surface area contributed by atoms with Crippen molar-refractivity contribution >= 4 is 11.9 Å². The highest BCUT2D eigenvalue weighted by atomic mass is 16.5. The van der Waals surface area contributed by atoms with Gasteiger partial charge in [-0.2, -0.15) is 0 Å². The minimum Gasteiger partial charge on any atom is -0.496 e. The number of nitrogens with one attached hydrogen (secondary N) is 1. The van der Waals surface area contributed by atoms with Crippen molar-refractivity contribution in [3.05, 3.63) is 29.3 Å². The Morgan fingerprint density at radius 2 is 2.05 bits per heavy atom. The highest BCUT2D eigenvalue weighted by molar-refractivity contribution is 5.94. The molecule has 1 amide bonds. The third-order valence-corrected chi connectivity index (χ3v) is 2.82. The molecule has 0 aliphatic heterocycles. The zero-order chi connectivity index (χ0) is 15.0. The second kappa shape index (κ2) is 8.19. The molecule has 110 valence electrons. The van der Waals surface area contributed by atoms with Gasteiger partial charge >= 0.3 is 5.97 Å². The molecule has 0 radical (unpaired) electrons. The van der Waals surface area contributed by atoms with E-state index >= 15 is 0 Å². The first-order valence-electron chi connectivity index (χ1n) is 6.67. The summed E-state index contributed by atoms with van der Waals surface area (Å²) < 4.78 is 9.99. The fourth-order valence-corrected chi connectivity index (χ4v) is 1.73. The van der Waals surface area contributed by atoms with Crippen LogP contribution in [0.3, 0.4) is 0 Å². The second-order valence-electron chi connectivity index (χ2n) is 4.35. The maximum absolute atomic E-state index is 11.9. The Morgan fingerprint density at radius 3 is 2.70 bits per heavy atom. The van der Waals surface area contributed by atoms with E-state index in [4.69, 9.17) is 9.47 Å². The fraction of sp³-hybridized carbons (Fsp3) is 0.467. The van der Waals surface area contributed by atoms with Crippen molar-refractivity contribution in [2.45, 2.75) is 26.7 Å². The van der Waals surface area contributed by atoms with Gasteiger partial charge in [-0.3, -0.25) is 9.59 Å². The van der Waals surface area contributed by atoms with Crippen LogP contribution in [0.4, 0.5) is 0 Å². The lowest BCUT2D eigenvalue weighted by atomic mass is 10.1.